The zero-order valence-electron chi connectivity index (χ0n) is 18.8. The maximum absolute atomic E-state index is 13.0. The van der Waals surface area contributed by atoms with Gasteiger partial charge in [-0.15, -0.1) is 0 Å². The van der Waals surface area contributed by atoms with E-state index in [1.807, 2.05) is 62.4 Å². The van der Waals surface area contributed by atoms with Crippen LogP contribution in [-0.2, 0) is 14.3 Å². The number of hydrogen-bond donors (Lipinski definition) is 2. The smallest absolute Gasteiger partial charge is 0.407 e. The zero-order chi connectivity index (χ0) is 23.5. The lowest BCUT2D eigenvalue weighted by molar-refractivity contribution is -0.142. The first-order chi connectivity index (χ1) is 15.8. The Hall–Kier alpha value is -3.61. The molecule has 7 nitrogen and oxygen atoms in total. The number of nitrogens with one attached hydrogen (secondary N) is 1. The van der Waals surface area contributed by atoms with Crippen LogP contribution in [0.25, 0.3) is 11.1 Å². The van der Waals surface area contributed by atoms with Gasteiger partial charge in [0.25, 0.3) is 0 Å². The van der Waals surface area contributed by atoms with E-state index in [4.69, 9.17) is 4.74 Å². The summed E-state index contributed by atoms with van der Waals surface area (Å²) in [7, 11) is 0. The highest BCUT2D eigenvalue weighted by molar-refractivity contribution is 5.89. The fraction of sp³-hybridized carbons (Fsp3) is 0.346. The van der Waals surface area contributed by atoms with E-state index in [1.165, 1.54) is 5.57 Å². The van der Waals surface area contributed by atoms with Crippen molar-refractivity contribution in [3.63, 3.8) is 0 Å². The lowest BCUT2D eigenvalue weighted by Crippen LogP contribution is -2.51. The predicted octanol–water partition coefficient (Wildman–Crippen LogP) is 3.94. The predicted molar refractivity (Wildman–Crippen MR) is 124 cm³/mol. The lowest BCUT2D eigenvalue weighted by Gasteiger charge is -2.31. The number of carbonyl (C=O) groups excluding carboxylic acids is 2. The molecule has 1 aliphatic carbocycles. The molecule has 0 radical (unpaired) electrons. The number of aliphatic carboxylic acids is 1. The van der Waals surface area contributed by atoms with Gasteiger partial charge in [0.05, 0.1) is 6.42 Å². The van der Waals surface area contributed by atoms with Gasteiger partial charge in [0.2, 0.25) is 5.91 Å². The van der Waals surface area contributed by atoms with Gasteiger partial charge in [0, 0.05) is 19.0 Å². The van der Waals surface area contributed by atoms with E-state index < -0.39 is 30.4 Å². The van der Waals surface area contributed by atoms with Crippen molar-refractivity contribution < 1.29 is 24.2 Å². The third-order valence-corrected chi connectivity index (χ3v) is 6.54. The van der Waals surface area contributed by atoms with Crippen LogP contribution in [0.2, 0.25) is 0 Å². The highest BCUT2D eigenvalue weighted by Crippen LogP contribution is 2.44. The molecule has 0 aromatic heterocycles. The van der Waals surface area contributed by atoms with Gasteiger partial charge in [0.1, 0.15) is 12.6 Å². The quantitative estimate of drug-likeness (QED) is 0.653. The molecule has 172 valence electrons. The minimum atomic E-state index is -1.18. The van der Waals surface area contributed by atoms with E-state index in [1.54, 1.807) is 4.90 Å². The van der Waals surface area contributed by atoms with Gasteiger partial charge in [-0.3, -0.25) is 9.59 Å². The first-order valence-electron chi connectivity index (χ1n) is 11.1. The molecule has 2 amide bonds. The molecule has 0 bridgehead atoms. The summed E-state index contributed by atoms with van der Waals surface area (Å²) in [5.74, 6) is -1.68. The van der Waals surface area contributed by atoms with Crippen LogP contribution in [0.1, 0.15) is 43.7 Å². The number of nitrogens with zero attached hydrogens (tertiary/aromatic N) is 1. The second kappa shape index (κ2) is 9.48. The van der Waals surface area contributed by atoms with E-state index in [2.05, 4.69) is 5.32 Å². The Labute approximate surface area is 193 Å². The van der Waals surface area contributed by atoms with E-state index in [0.29, 0.717) is 13.1 Å². The molecule has 2 aromatic carbocycles. The molecule has 0 fully saturated rings. The molecule has 0 saturated heterocycles. The Balaban J connectivity index is 1.43. The number of fused-ring (bicyclic) bond motifs is 3. The second-order valence-corrected chi connectivity index (χ2v) is 8.69. The van der Waals surface area contributed by atoms with Crippen LogP contribution < -0.4 is 5.32 Å². The fourth-order valence-corrected chi connectivity index (χ4v) is 4.58. The molecule has 1 heterocycles. The number of amides is 2. The van der Waals surface area contributed by atoms with E-state index in [9.17, 15) is 19.5 Å². The number of alkyl carbamates (subject to hydrolysis) is 1. The topological polar surface area (TPSA) is 95.9 Å². The number of carbonyl (C=O) groups is 3. The Morgan fingerprint density at radius 2 is 1.64 bits per heavy atom. The fourth-order valence-electron chi connectivity index (χ4n) is 4.58. The molecule has 2 N–H and O–H groups in total. The zero-order valence-corrected chi connectivity index (χ0v) is 18.8. The van der Waals surface area contributed by atoms with E-state index in [0.717, 1.165) is 34.2 Å². The van der Waals surface area contributed by atoms with Crippen LogP contribution in [-0.4, -0.2) is 53.7 Å². The number of carboxylic acids is 1. The van der Waals surface area contributed by atoms with E-state index >= 15 is 0 Å². The Kier molecular flexibility index (Phi) is 6.49. The van der Waals surface area contributed by atoms with Gasteiger partial charge in [-0.05, 0) is 42.5 Å². The molecule has 2 aliphatic rings. The van der Waals surface area contributed by atoms with Crippen molar-refractivity contribution in [2.24, 2.45) is 0 Å². The van der Waals surface area contributed by atoms with Gasteiger partial charge in [-0.2, -0.15) is 0 Å². The SMILES string of the molecule is CC1=C(C)CN(C(=O)C(CC(=O)O)NC(=O)OCC2c3ccccc3-c3ccccc32)CC1. The van der Waals surface area contributed by atoms with Gasteiger partial charge >= 0.3 is 12.1 Å². The molecular formula is C26H28N2O5. The highest BCUT2D eigenvalue weighted by atomic mass is 16.5. The molecule has 0 saturated carbocycles. The summed E-state index contributed by atoms with van der Waals surface area (Å²) < 4.78 is 5.50. The maximum atomic E-state index is 13.0. The summed E-state index contributed by atoms with van der Waals surface area (Å²) >= 11 is 0. The standard InChI is InChI=1S/C26H28N2O5/c1-16-11-12-28(14-17(16)2)25(31)23(13-24(29)30)27-26(32)33-15-22-20-9-5-3-7-18(20)19-8-4-6-10-21(19)22/h3-10,22-23H,11-15H2,1-2H3,(H,27,32)(H,29,30). The molecule has 7 heteroatoms. The third-order valence-electron chi connectivity index (χ3n) is 6.54. The minimum Gasteiger partial charge on any atom is -0.481 e. The summed E-state index contributed by atoms with van der Waals surface area (Å²) in [5.41, 5.74) is 6.71. The summed E-state index contributed by atoms with van der Waals surface area (Å²) in [5, 5.41) is 11.8. The molecule has 1 aliphatic heterocycles. The number of rotatable bonds is 6. The van der Waals surface area contributed by atoms with Crippen LogP contribution in [0, 0.1) is 0 Å². The van der Waals surface area contributed by atoms with Gasteiger partial charge in [-0.25, -0.2) is 4.79 Å². The van der Waals surface area contributed by atoms with Crippen LogP contribution in [0.5, 0.6) is 0 Å². The third kappa shape index (κ3) is 4.77. The van der Waals surface area contributed by atoms with Crippen molar-refractivity contribution in [3.05, 3.63) is 70.8 Å². The lowest BCUT2D eigenvalue weighted by atomic mass is 9.98. The number of ether oxygens (including phenoxy) is 1. The van der Waals surface area contributed by atoms with Gasteiger partial charge < -0.3 is 20.1 Å². The van der Waals surface area contributed by atoms with Crippen molar-refractivity contribution in [2.75, 3.05) is 19.7 Å². The molecular weight excluding hydrogens is 420 g/mol. The molecule has 0 spiro atoms. The molecule has 4 rings (SSSR count). The van der Waals surface area contributed by atoms with Crippen LogP contribution in [0.3, 0.4) is 0 Å². The number of carboxylic acid groups (broad SMARTS) is 1. The maximum Gasteiger partial charge on any atom is 0.407 e. The number of benzene rings is 2. The minimum absolute atomic E-state index is 0.0958. The van der Waals surface area contributed by atoms with Gasteiger partial charge in [0.15, 0.2) is 0 Å². The van der Waals surface area contributed by atoms with Crippen molar-refractivity contribution >= 4 is 18.0 Å². The second-order valence-electron chi connectivity index (χ2n) is 8.69. The van der Waals surface area contributed by atoms with Crippen LogP contribution >= 0.6 is 0 Å². The average Bonchev–Trinajstić information content (AvgIpc) is 3.12. The first kappa shape index (κ1) is 22.6. The average molecular weight is 449 g/mol. The molecule has 33 heavy (non-hydrogen) atoms. The largest absolute Gasteiger partial charge is 0.481 e. The van der Waals surface area contributed by atoms with E-state index in [-0.39, 0.29) is 12.5 Å². The first-order valence-corrected chi connectivity index (χ1v) is 11.1. The van der Waals surface area contributed by atoms with Crippen molar-refractivity contribution in [1.82, 2.24) is 10.2 Å². The monoisotopic (exact) mass is 448 g/mol. The Morgan fingerprint density at radius 3 is 2.21 bits per heavy atom. The summed E-state index contributed by atoms with van der Waals surface area (Å²) in [6, 6.07) is 14.8. The Morgan fingerprint density at radius 1 is 1.03 bits per heavy atom. The highest BCUT2D eigenvalue weighted by Gasteiger charge is 2.32. The van der Waals surface area contributed by atoms with Crippen molar-refractivity contribution in [3.8, 4) is 11.1 Å². The normalized spacial score (nSPS) is 16.1. The summed E-state index contributed by atoms with van der Waals surface area (Å²) in [6.07, 6.45) is -0.555. The Bertz CT molecular complexity index is 1080. The molecule has 1 unspecified atom stereocenters. The van der Waals surface area contributed by atoms with Gasteiger partial charge in [-0.1, -0.05) is 59.7 Å². The van der Waals surface area contributed by atoms with Crippen LogP contribution in [0.4, 0.5) is 4.79 Å². The summed E-state index contributed by atoms with van der Waals surface area (Å²) in [6.45, 7) is 5.02. The van der Waals surface area contributed by atoms with Crippen molar-refractivity contribution in [2.45, 2.75) is 38.6 Å². The molecule has 1 atom stereocenters. The van der Waals surface area contributed by atoms with Crippen LogP contribution in [0.15, 0.2) is 59.7 Å². The number of hydrogen-bond acceptors (Lipinski definition) is 4. The molecule has 2 aromatic rings. The van der Waals surface area contributed by atoms with Crippen molar-refractivity contribution in [1.29, 1.82) is 0 Å². The summed E-state index contributed by atoms with van der Waals surface area (Å²) in [4.78, 5) is 38.6.